The first kappa shape index (κ1) is 23.0. The summed E-state index contributed by atoms with van der Waals surface area (Å²) < 4.78 is 45.8. The Morgan fingerprint density at radius 1 is 1.12 bits per heavy atom. The maximum absolute atomic E-state index is 13.1. The minimum absolute atomic E-state index is 0.0299. The fourth-order valence-corrected chi connectivity index (χ4v) is 5.03. The van der Waals surface area contributed by atoms with E-state index in [1.165, 1.54) is 6.07 Å². The van der Waals surface area contributed by atoms with Crippen LogP contribution >= 0.6 is 23.2 Å². The van der Waals surface area contributed by atoms with Crippen LogP contribution in [-0.4, -0.2) is 50.3 Å². The molecule has 2 aromatic heterocycles. The summed E-state index contributed by atoms with van der Waals surface area (Å²) in [7, 11) is 0. The summed E-state index contributed by atoms with van der Waals surface area (Å²) in [6.07, 6.45) is -0.832. The van der Waals surface area contributed by atoms with Gasteiger partial charge in [0.25, 0.3) is 0 Å². The first-order chi connectivity index (χ1) is 16.2. The number of hydrogen-bond donors (Lipinski definition) is 1. The van der Waals surface area contributed by atoms with Crippen molar-refractivity contribution in [1.29, 1.82) is 0 Å². The van der Waals surface area contributed by atoms with Crippen LogP contribution in [0.3, 0.4) is 0 Å². The molecule has 1 aromatic carbocycles. The minimum Gasteiger partial charge on any atom is -0.424 e. The first-order valence-electron chi connectivity index (χ1n) is 10.7. The summed E-state index contributed by atoms with van der Waals surface area (Å²) in [5.74, 6) is 0.897. The Kier molecular flexibility index (Phi) is 6.15. The van der Waals surface area contributed by atoms with E-state index in [0.29, 0.717) is 14.9 Å². The standard InChI is InChI=1S/C21H20Cl2F3N7O/c22-14-2-1-3-16(6-14)34-20-29-19(31-33(20)11-21(24,25)26)28-18-12-4-5-13(18)10-32(9-12)15-7-17(23)30-27-8-15/h1-3,6-8,12-13,18H,4-5,9-11H2,(H,28,31)/t12-,13+,18-. The molecule has 1 N–H and O–H groups in total. The normalized spacial score (nSPS) is 22.1. The maximum Gasteiger partial charge on any atom is 0.408 e. The quantitative estimate of drug-likeness (QED) is 0.493. The number of halogens is 5. The molecule has 5 rings (SSSR count). The minimum atomic E-state index is -4.48. The third kappa shape index (κ3) is 5.15. The third-order valence-corrected chi connectivity index (χ3v) is 6.50. The average Bonchev–Trinajstić information content (AvgIpc) is 3.21. The van der Waals surface area contributed by atoms with Crippen LogP contribution in [0.15, 0.2) is 36.5 Å². The Bertz CT molecular complexity index is 1160. The van der Waals surface area contributed by atoms with Crippen LogP contribution < -0.4 is 15.0 Å². The van der Waals surface area contributed by atoms with Gasteiger partial charge in [0.05, 0.1) is 11.9 Å². The molecule has 2 aliphatic rings. The van der Waals surface area contributed by atoms with Gasteiger partial charge < -0.3 is 15.0 Å². The van der Waals surface area contributed by atoms with Crippen molar-refractivity contribution < 1.29 is 17.9 Å². The number of piperidine rings is 1. The zero-order valence-corrected chi connectivity index (χ0v) is 19.2. The van der Waals surface area contributed by atoms with E-state index in [1.54, 1.807) is 30.5 Å². The van der Waals surface area contributed by atoms with Crippen LogP contribution in [0.5, 0.6) is 11.8 Å². The molecule has 2 bridgehead atoms. The number of fused-ring (bicyclic) bond motifs is 2. The molecule has 8 nitrogen and oxygen atoms in total. The Labute approximate surface area is 203 Å². The molecule has 180 valence electrons. The highest BCUT2D eigenvalue weighted by Crippen LogP contribution is 2.40. The predicted molar refractivity (Wildman–Crippen MR) is 120 cm³/mol. The molecule has 13 heteroatoms. The van der Waals surface area contributed by atoms with Crippen molar-refractivity contribution in [3.8, 4) is 11.8 Å². The lowest BCUT2D eigenvalue weighted by Gasteiger charge is -2.39. The van der Waals surface area contributed by atoms with Crippen molar-refractivity contribution in [2.24, 2.45) is 11.8 Å². The van der Waals surface area contributed by atoms with E-state index in [4.69, 9.17) is 27.9 Å². The van der Waals surface area contributed by atoms with Crippen LogP contribution in [0.4, 0.5) is 24.8 Å². The van der Waals surface area contributed by atoms with Gasteiger partial charge in [-0.2, -0.15) is 23.3 Å². The summed E-state index contributed by atoms with van der Waals surface area (Å²) in [6, 6.07) is 7.91. The smallest absolute Gasteiger partial charge is 0.408 e. The van der Waals surface area contributed by atoms with Crippen LogP contribution in [-0.2, 0) is 6.54 Å². The SMILES string of the molecule is FC(F)(F)Cn1nc(N[C@@H]2[C@@H]3CC[C@H]2CN(c2cnnc(Cl)c2)C3)nc1Oc1cccc(Cl)c1. The van der Waals surface area contributed by atoms with E-state index in [0.717, 1.165) is 31.6 Å². The maximum atomic E-state index is 13.1. The summed E-state index contributed by atoms with van der Waals surface area (Å²) >= 11 is 11.9. The fourth-order valence-electron chi connectivity index (χ4n) is 4.70. The van der Waals surface area contributed by atoms with Gasteiger partial charge in [0.15, 0.2) is 5.15 Å². The van der Waals surface area contributed by atoms with Gasteiger partial charge >= 0.3 is 12.2 Å². The topological polar surface area (TPSA) is 81.0 Å². The Morgan fingerprint density at radius 2 is 1.88 bits per heavy atom. The van der Waals surface area contributed by atoms with Crippen molar-refractivity contribution in [2.75, 3.05) is 23.3 Å². The zero-order chi connectivity index (χ0) is 23.9. The fraction of sp³-hybridized carbons (Fsp3) is 0.429. The number of anilines is 2. The van der Waals surface area contributed by atoms with Crippen molar-refractivity contribution in [3.05, 3.63) is 46.7 Å². The second-order valence-corrected chi connectivity index (χ2v) is 9.28. The number of ether oxygens (including phenoxy) is 1. The van der Waals surface area contributed by atoms with Crippen molar-refractivity contribution in [1.82, 2.24) is 25.0 Å². The highest BCUT2D eigenvalue weighted by molar-refractivity contribution is 6.30. The number of benzene rings is 1. The summed E-state index contributed by atoms with van der Waals surface area (Å²) in [6.45, 7) is 0.190. The van der Waals surface area contributed by atoms with Gasteiger partial charge in [-0.1, -0.05) is 29.3 Å². The number of alkyl halides is 3. The number of aromatic nitrogens is 5. The second-order valence-electron chi connectivity index (χ2n) is 8.46. The van der Waals surface area contributed by atoms with E-state index in [-0.39, 0.29) is 35.6 Å². The number of hydrogen-bond acceptors (Lipinski definition) is 7. The summed E-state index contributed by atoms with van der Waals surface area (Å²) in [5, 5.41) is 15.8. The second kappa shape index (κ2) is 9.10. The number of nitrogens with zero attached hydrogens (tertiary/aromatic N) is 6. The molecular weight excluding hydrogens is 494 g/mol. The van der Waals surface area contributed by atoms with Gasteiger partial charge in [-0.15, -0.1) is 10.2 Å². The predicted octanol–water partition coefficient (Wildman–Crippen LogP) is 5.06. The molecule has 0 spiro atoms. The van der Waals surface area contributed by atoms with Crippen molar-refractivity contribution in [3.63, 3.8) is 0 Å². The molecule has 1 aliphatic heterocycles. The van der Waals surface area contributed by atoms with Crippen molar-refractivity contribution >= 4 is 34.8 Å². The van der Waals surface area contributed by atoms with Gasteiger partial charge in [-0.25, -0.2) is 4.68 Å². The molecule has 1 aliphatic carbocycles. The largest absolute Gasteiger partial charge is 0.424 e. The van der Waals surface area contributed by atoms with Crippen LogP contribution in [0, 0.1) is 11.8 Å². The molecule has 34 heavy (non-hydrogen) atoms. The Hall–Kier alpha value is -2.79. The molecule has 0 unspecified atom stereocenters. The van der Waals surface area contributed by atoms with E-state index in [9.17, 15) is 13.2 Å². The van der Waals surface area contributed by atoms with Crippen LogP contribution in [0.25, 0.3) is 0 Å². The van der Waals surface area contributed by atoms with Gasteiger partial charge in [-0.05, 0) is 42.9 Å². The third-order valence-electron chi connectivity index (χ3n) is 6.08. The van der Waals surface area contributed by atoms with Crippen LogP contribution in [0.2, 0.25) is 10.2 Å². The number of nitrogens with one attached hydrogen (secondary N) is 1. The Morgan fingerprint density at radius 3 is 2.56 bits per heavy atom. The lowest BCUT2D eigenvalue weighted by molar-refractivity contribution is -0.143. The summed E-state index contributed by atoms with van der Waals surface area (Å²) in [5.41, 5.74) is 0.903. The molecule has 3 atom stereocenters. The highest BCUT2D eigenvalue weighted by atomic mass is 35.5. The molecule has 0 amide bonds. The van der Waals surface area contributed by atoms with Crippen molar-refractivity contribution in [2.45, 2.75) is 31.6 Å². The zero-order valence-electron chi connectivity index (χ0n) is 17.7. The molecule has 3 heterocycles. The van der Waals surface area contributed by atoms with Gasteiger partial charge in [0.1, 0.15) is 12.3 Å². The average molecular weight is 514 g/mol. The van der Waals surface area contributed by atoms with Crippen LogP contribution in [0.1, 0.15) is 12.8 Å². The molecular formula is C21H20Cl2F3N7O. The first-order valence-corrected chi connectivity index (χ1v) is 11.4. The van der Waals surface area contributed by atoms with Gasteiger partial charge in [0.2, 0.25) is 5.95 Å². The molecule has 1 saturated carbocycles. The lowest BCUT2D eigenvalue weighted by Crippen LogP contribution is -2.48. The van der Waals surface area contributed by atoms with Gasteiger partial charge in [0, 0.05) is 30.2 Å². The van der Waals surface area contributed by atoms with E-state index >= 15 is 0 Å². The Balaban J connectivity index is 1.34. The summed E-state index contributed by atoms with van der Waals surface area (Å²) in [4.78, 5) is 6.44. The molecule has 1 saturated heterocycles. The monoisotopic (exact) mass is 513 g/mol. The lowest BCUT2D eigenvalue weighted by atomic mass is 9.92. The highest BCUT2D eigenvalue weighted by Gasteiger charge is 2.43. The van der Waals surface area contributed by atoms with E-state index in [1.807, 2.05) is 0 Å². The number of rotatable bonds is 6. The van der Waals surface area contributed by atoms with E-state index < -0.39 is 12.7 Å². The molecule has 3 aromatic rings. The molecule has 2 fully saturated rings. The van der Waals surface area contributed by atoms with Gasteiger partial charge in [-0.3, -0.25) is 0 Å². The molecule has 0 radical (unpaired) electrons. The van der Waals surface area contributed by atoms with E-state index in [2.05, 4.69) is 30.5 Å².